The lowest BCUT2D eigenvalue weighted by Crippen LogP contribution is -2.03. The van der Waals surface area contributed by atoms with E-state index in [2.05, 4.69) is 12.1 Å². The lowest BCUT2D eigenvalue weighted by molar-refractivity contribution is 0.253. The van der Waals surface area contributed by atoms with Gasteiger partial charge in [-0.15, -0.1) is 0 Å². The van der Waals surface area contributed by atoms with E-state index in [4.69, 9.17) is 10.5 Å². The molecular weight excluding hydrogens is 174 g/mol. The molecule has 0 aliphatic rings. The van der Waals surface area contributed by atoms with Crippen molar-refractivity contribution in [3.8, 4) is 0 Å². The third-order valence-corrected chi connectivity index (χ3v) is 2.06. The molecule has 0 heterocycles. The summed E-state index contributed by atoms with van der Waals surface area (Å²) in [7, 11) is 0. The fraction of sp³-hybridized carbons (Fsp3) is 0.333. The van der Waals surface area contributed by atoms with E-state index in [1.165, 1.54) is 11.1 Å². The molecule has 0 saturated heterocycles. The molecule has 0 fully saturated rings. The van der Waals surface area contributed by atoms with Crippen molar-refractivity contribution in [3.05, 3.63) is 47.7 Å². The predicted octanol–water partition coefficient (Wildman–Crippen LogP) is 2.24. The van der Waals surface area contributed by atoms with Crippen LogP contribution in [0.5, 0.6) is 0 Å². The van der Waals surface area contributed by atoms with E-state index in [0.717, 1.165) is 6.42 Å². The Morgan fingerprint density at radius 3 is 2.64 bits per heavy atom. The average Bonchev–Trinajstić information content (AvgIpc) is 2.25. The van der Waals surface area contributed by atoms with Crippen molar-refractivity contribution in [2.75, 3.05) is 6.61 Å². The highest BCUT2D eigenvalue weighted by Gasteiger charge is 1.98. The molecule has 2 nitrogen and oxygen atoms in total. The van der Waals surface area contributed by atoms with Gasteiger partial charge in [-0.25, -0.2) is 0 Å². The van der Waals surface area contributed by atoms with Crippen molar-refractivity contribution in [3.63, 3.8) is 0 Å². The summed E-state index contributed by atoms with van der Waals surface area (Å²) in [6, 6.07) is 8.20. The summed E-state index contributed by atoms with van der Waals surface area (Å²) in [6.45, 7) is 3.25. The molecule has 1 aromatic carbocycles. The van der Waals surface area contributed by atoms with Crippen LogP contribution in [0.15, 0.2) is 36.6 Å². The second kappa shape index (κ2) is 6.22. The van der Waals surface area contributed by atoms with Gasteiger partial charge in [-0.05, 0) is 18.1 Å². The smallest absolute Gasteiger partial charge is 0.0913 e. The maximum atomic E-state index is 5.63. The fourth-order valence-corrected chi connectivity index (χ4v) is 1.33. The number of rotatable bonds is 5. The summed E-state index contributed by atoms with van der Waals surface area (Å²) < 4.78 is 5.26. The second-order valence-corrected chi connectivity index (χ2v) is 3.06. The lowest BCUT2D eigenvalue weighted by Gasteiger charge is -2.06. The zero-order valence-electron chi connectivity index (χ0n) is 8.57. The Morgan fingerprint density at radius 1 is 1.29 bits per heavy atom. The molecule has 0 bridgehead atoms. The SMILES string of the molecule is CC=COCCc1ccccc1CN. The summed E-state index contributed by atoms with van der Waals surface area (Å²) in [6.07, 6.45) is 4.51. The molecule has 0 atom stereocenters. The van der Waals surface area contributed by atoms with Crippen LogP contribution in [0.3, 0.4) is 0 Å². The largest absolute Gasteiger partial charge is 0.501 e. The first-order valence-electron chi connectivity index (χ1n) is 4.88. The van der Waals surface area contributed by atoms with Crippen LogP contribution in [0.1, 0.15) is 18.1 Å². The van der Waals surface area contributed by atoms with Crippen LogP contribution in [0, 0.1) is 0 Å². The van der Waals surface area contributed by atoms with Crippen molar-refractivity contribution in [1.82, 2.24) is 0 Å². The van der Waals surface area contributed by atoms with Gasteiger partial charge in [0, 0.05) is 13.0 Å². The average molecular weight is 191 g/mol. The van der Waals surface area contributed by atoms with Gasteiger partial charge in [-0.3, -0.25) is 0 Å². The minimum atomic E-state index is 0.597. The fourth-order valence-electron chi connectivity index (χ4n) is 1.33. The molecule has 0 amide bonds. The molecule has 0 spiro atoms. The standard InChI is InChI=1S/C12H17NO/c1-2-8-14-9-7-11-5-3-4-6-12(11)10-13/h2-6,8H,7,9-10,13H2,1H3. The van der Waals surface area contributed by atoms with Gasteiger partial charge in [0.25, 0.3) is 0 Å². The minimum Gasteiger partial charge on any atom is -0.501 e. The van der Waals surface area contributed by atoms with E-state index >= 15 is 0 Å². The summed E-state index contributed by atoms with van der Waals surface area (Å²) in [4.78, 5) is 0. The Kier molecular flexibility index (Phi) is 4.79. The first kappa shape index (κ1) is 10.8. The van der Waals surface area contributed by atoms with Gasteiger partial charge in [0.15, 0.2) is 0 Å². The van der Waals surface area contributed by atoms with Crippen molar-refractivity contribution in [2.24, 2.45) is 5.73 Å². The Balaban J connectivity index is 2.49. The number of hydrogen-bond donors (Lipinski definition) is 1. The molecule has 76 valence electrons. The summed E-state index contributed by atoms with van der Waals surface area (Å²) >= 11 is 0. The van der Waals surface area contributed by atoms with Crippen LogP contribution in [0.2, 0.25) is 0 Å². The van der Waals surface area contributed by atoms with Crippen LogP contribution >= 0.6 is 0 Å². The lowest BCUT2D eigenvalue weighted by atomic mass is 10.1. The molecule has 0 aromatic heterocycles. The van der Waals surface area contributed by atoms with Gasteiger partial charge in [0.1, 0.15) is 0 Å². The van der Waals surface area contributed by atoms with E-state index in [1.54, 1.807) is 6.26 Å². The van der Waals surface area contributed by atoms with Crippen LogP contribution in [0.25, 0.3) is 0 Å². The molecule has 2 N–H and O–H groups in total. The topological polar surface area (TPSA) is 35.2 Å². The first-order valence-corrected chi connectivity index (χ1v) is 4.88. The van der Waals surface area contributed by atoms with Crippen molar-refractivity contribution >= 4 is 0 Å². The highest BCUT2D eigenvalue weighted by Crippen LogP contribution is 2.08. The van der Waals surface area contributed by atoms with Crippen molar-refractivity contribution in [2.45, 2.75) is 19.9 Å². The van der Waals surface area contributed by atoms with Crippen LogP contribution in [-0.2, 0) is 17.7 Å². The number of benzene rings is 1. The summed E-state index contributed by atoms with van der Waals surface area (Å²) in [5, 5.41) is 0. The van der Waals surface area contributed by atoms with Gasteiger partial charge in [0.05, 0.1) is 12.9 Å². The normalized spacial score (nSPS) is 10.7. The molecular formula is C12H17NO. The maximum Gasteiger partial charge on any atom is 0.0913 e. The quantitative estimate of drug-likeness (QED) is 0.572. The van der Waals surface area contributed by atoms with E-state index in [1.807, 2.05) is 25.1 Å². The Hall–Kier alpha value is -1.28. The number of nitrogens with two attached hydrogens (primary N) is 1. The van der Waals surface area contributed by atoms with Crippen LogP contribution < -0.4 is 5.73 Å². The van der Waals surface area contributed by atoms with E-state index in [-0.39, 0.29) is 0 Å². The van der Waals surface area contributed by atoms with E-state index in [9.17, 15) is 0 Å². The molecule has 1 aromatic rings. The zero-order valence-corrected chi connectivity index (χ0v) is 8.57. The van der Waals surface area contributed by atoms with E-state index in [0.29, 0.717) is 13.2 Å². The molecule has 0 aliphatic heterocycles. The third-order valence-electron chi connectivity index (χ3n) is 2.06. The van der Waals surface area contributed by atoms with Gasteiger partial charge in [0.2, 0.25) is 0 Å². The van der Waals surface area contributed by atoms with Gasteiger partial charge in [-0.2, -0.15) is 0 Å². The molecule has 0 saturated carbocycles. The second-order valence-electron chi connectivity index (χ2n) is 3.06. The van der Waals surface area contributed by atoms with Crippen molar-refractivity contribution in [1.29, 1.82) is 0 Å². The molecule has 0 unspecified atom stereocenters. The Labute approximate surface area is 85.4 Å². The Bertz CT molecular complexity index is 294. The monoisotopic (exact) mass is 191 g/mol. The zero-order chi connectivity index (χ0) is 10.2. The third kappa shape index (κ3) is 3.23. The number of hydrogen-bond acceptors (Lipinski definition) is 2. The van der Waals surface area contributed by atoms with E-state index < -0.39 is 0 Å². The predicted molar refractivity (Wildman–Crippen MR) is 58.8 cm³/mol. The molecule has 1 rings (SSSR count). The Morgan fingerprint density at radius 2 is 2.00 bits per heavy atom. The van der Waals surface area contributed by atoms with Gasteiger partial charge in [-0.1, -0.05) is 30.3 Å². The van der Waals surface area contributed by atoms with Crippen molar-refractivity contribution < 1.29 is 4.74 Å². The highest BCUT2D eigenvalue weighted by atomic mass is 16.5. The number of ether oxygens (including phenoxy) is 1. The van der Waals surface area contributed by atoms with Crippen LogP contribution in [0.4, 0.5) is 0 Å². The number of allylic oxidation sites excluding steroid dienone is 1. The van der Waals surface area contributed by atoms with Gasteiger partial charge >= 0.3 is 0 Å². The van der Waals surface area contributed by atoms with Crippen LogP contribution in [-0.4, -0.2) is 6.61 Å². The highest BCUT2D eigenvalue weighted by molar-refractivity contribution is 5.26. The summed E-state index contributed by atoms with van der Waals surface area (Å²) in [5.41, 5.74) is 8.11. The molecule has 0 aliphatic carbocycles. The first-order chi connectivity index (χ1) is 6.88. The molecule has 2 heteroatoms. The van der Waals surface area contributed by atoms with Gasteiger partial charge < -0.3 is 10.5 Å². The summed E-state index contributed by atoms with van der Waals surface area (Å²) in [5.74, 6) is 0. The maximum absolute atomic E-state index is 5.63. The minimum absolute atomic E-state index is 0.597. The molecule has 0 radical (unpaired) electrons. The molecule has 14 heavy (non-hydrogen) atoms.